The SMILES string of the molecule is COc1ccc(CNCc2c(F)cccc2N2CCCC2)cc1. The van der Waals surface area contributed by atoms with Crippen molar-refractivity contribution in [1.29, 1.82) is 0 Å². The summed E-state index contributed by atoms with van der Waals surface area (Å²) in [6.45, 7) is 3.28. The number of methoxy groups -OCH3 is 1. The first-order chi connectivity index (χ1) is 11.3. The minimum Gasteiger partial charge on any atom is -0.497 e. The van der Waals surface area contributed by atoms with Crippen LogP contribution < -0.4 is 15.0 Å². The highest BCUT2D eigenvalue weighted by atomic mass is 19.1. The monoisotopic (exact) mass is 314 g/mol. The molecule has 4 heteroatoms. The third-order valence-corrected chi connectivity index (χ3v) is 4.33. The molecule has 0 atom stereocenters. The van der Waals surface area contributed by atoms with Crippen LogP contribution in [-0.2, 0) is 13.1 Å². The summed E-state index contributed by atoms with van der Waals surface area (Å²) >= 11 is 0. The zero-order chi connectivity index (χ0) is 16.1. The lowest BCUT2D eigenvalue weighted by Gasteiger charge is -2.22. The van der Waals surface area contributed by atoms with E-state index in [0.29, 0.717) is 13.1 Å². The Bertz CT molecular complexity index is 636. The molecule has 1 saturated heterocycles. The Kier molecular flexibility index (Phi) is 5.13. The summed E-state index contributed by atoms with van der Waals surface area (Å²) < 4.78 is 19.4. The van der Waals surface area contributed by atoms with Crippen LogP contribution in [0.4, 0.5) is 10.1 Å². The molecule has 3 rings (SSSR count). The average molecular weight is 314 g/mol. The van der Waals surface area contributed by atoms with Crippen molar-refractivity contribution in [2.75, 3.05) is 25.1 Å². The van der Waals surface area contributed by atoms with E-state index in [2.05, 4.69) is 10.2 Å². The van der Waals surface area contributed by atoms with Gasteiger partial charge in [0.2, 0.25) is 0 Å². The van der Waals surface area contributed by atoms with E-state index in [1.165, 1.54) is 12.8 Å². The van der Waals surface area contributed by atoms with Gasteiger partial charge in [-0.25, -0.2) is 4.39 Å². The van der Waals surface area contributed by atoms with Crippen LogP contribution in [0.2, 0.25) is 0 Å². The third kappa shape index (κ3) is 3.82. The summed E-state index contributed by atoms with van der Waals surface area (Å²) in [5.74, 6) is 0.718. The summed E-state index contributed by atoms with van der Waals surface area (Å²) in [6.07, 6.45) is 2.38. The highest BCUT2D eigenvalue weighted by Gasteiger charge is 2.17. The number of nitrogens with zero attached hydrogens (tertiary/aromatic N) is 1. The van der Waals surface area contributed by atoms with Gasteiger partial charge in [0.25, 0.3) is 0 Å². The number of nitrogens with one attached hydrogen (secondary N) is 1. The molecule has 0 radical (unpaired) electrons. The average Bonchev–Trinajstić information content (AvgIpc) is 3.11. The molecule has 0 spiro atoms. The topological polar surface area (TPSA) is 24.5 Å². The van der Waals surface area contributed by atoms with Crippen LogP contribution in [0.3, 0.4) is 0 Å². The van der Waals surface area contributed by atoms with Crippen molar-refractivity contribution >= 4 is 5.69 Å². The van der Waals surface area contributed by atoms with Crippen LogP contribution in [0, 0.1) is 5.82 Å². The van der Waals surface area contributed by atoms with Crippen LogP contribution in [0.5, 0.6) is 5.75 Å². The van der Waals surface area contributed by atoms with Gasteiger partial charge in [-0.2, -0.15) is 0 Å². The van der Waals surface area contributed by atoms with Crippen molar-refractivity contribution in [3.63, 3.8) is 0 Å². The molecule has 1 aliphatic heterocycles. The number of halogens is 1. The van der Waals surface area contributed by atoms with Gasteiger partial charge < -0.3 is 15.0 Å². The van der Waals surface area contributed by atoms with Crippen LogP contribution in [0.1, 0.15) is 24.0 Å². The van der Waals surface area contributed by atoms with Crippen molar-refractivity contribution < 1.29 is 9.13 Å². The molecule has 0 aliphatic carbocycles. The second-order valence-corrected chi connectivity index (χ2v) is 5.88. The van der Waals surface area contributed by atoms with Crippen molar-refractivity contribution in [2.24, 2.45) is 0 Å². The molecule has 0 saturated carbocycles. The quantitative estimate of drug-likeness (QED) is 0.879. The van der Waals surface area contributed by atoms with E-state index in [0.717, 1.165) is 35.7 Å². The maximum Gasteiger partial charge on any atom is 0.129 e. The molecule has 0 unspecified atom stereocenters. The summed E-state index contributed by atoms with van der Waals surface area (Å²) in [4.78, 5) is 2.29. The Morgan fingerprint density at radius 3 is 2.48 bits per heavy atom. The van der Waals surface area contributed by atoms with Gasteiger partial charge in [0.1, 0.15) is 11.6 Å². The second kappa shape index (κ2) is 7.47. The Balaban J connectivity index is 1.65. The lowest BCUT2D eigenvalue weighted by molar-refractivity contribution is 0.414. The highest BCUT2D eigenvalue weighted by molar-refractivity contribution is 5.54. The predicted molar refractivity (Wildman–Crippen MR) is 91.4 cm³/mol. The van der Waals surface area contributed by atoms with Gasteiger partial charge >= 0.3 is 0 Å². The minimum atomic E-state index is -0.128. The van der Waals surface area contributed by atoms with E-state index in [-0.39, 0.29) is 5.82 Å². The maximum atomic E-state index is 14.2. The first kappa shape index (κ1) is 15.8. The number of rotatable bonds is 6. The molecular weight excluding hydrogens is 291 g/mol. The Hall–Kier alpha value is -2.07. The summed E-state index contributed by atoms with van der Waals surface area (Å²) in [6, 6.07) is 13.3. The van der Waals surface area contributed by atoms with E-state index >= 15 is 0 Å². The lowest BCUT2D eigenvalue weighted by atomic mass is 10.1. The molecule has 0 bridgehead atoms. The zero-order valence-electron chi connectivity index (χ0n) is 13.5. The van der Waals surface area contributed by atoms with Crippen LogP contribution in [-0.4, -0.2) is 20.2 Å². The fourth-order valence-corrected chi connectivity index (χ4v) is 3.05. The van der Waals surface area contributed by atoms with E-state index in [1.54, 1.807) is 19.2 Å². The van der Waals surface area contributed by atoms with Gasteiger partial charge in [-0.1, -0.05) is 18.2 Å². The standard InChI is InChI=1S/C19H23FN2O/c1-23-16-9-7-15(8-10-16)13-21-14-17-18(20)5-4-6-19(17)22-11-2-3-12-22/h4-10,21H,2-3,11-14H2,1H3. The van der Waals surface area contributed by atoms with Gasteiger partial charge in [-0.3, -0.25) is 0 Å². The van der Waals surface area contributed by atoms with E-state index in [9.17, 15) is 4.39 Å². The van der Waals surface area contributed by atoms with E-state index < -0.39 is 0 Å². The fraction of sp³-hybridized carbons (Fsp3) is 0.368. The van der Waals surface area contributed by atoms with Gasteiger partial charge in [-0.15, -0.1) is 0 Å². The Morgan fingerprint density at radius 2 is 1.78 bits per heavy atom. The first-order valence-electron chi connectivity index (χ1n) is 8.14. The van der Waals surface area contributed by atoms with Gasteiger partial charge in [0, 0.05) is 37.4 Å². The van der Waals surface area contributed by atoms with E-state index in [4.69, 9.17) is 4.74 Å². The van der Waals surface area contributed by atoms with Crippen LogP contribution in [0.15, 0.2) is 42.5 Å². The molecule has 3 nitrogen and oxygen atoms in total. The molecule has 2 aromatic rings. The van der Waals surface area contributed by atoms with Crippen LogP contribution >= 0.6 is 0 Å². The maximum absolute atomic E-state index is 14.2. The number of hydrogen-bond acceptors (Lipinski definition) is 3. The normalized spacial score (nSPS) is 14.3. The van der Waals surface area contributed by atoms with Gasteiger partial charge in [0.15, 0.2) is 0 Å². The second-order valence-electron chi connectivity index (χ2n) is 5.88. The van der Waals surface area contributed by atoms with Crippen molar-refractivity contribution in [1.82, 2.24) is 5.32 Å². The smallest absolute Gasteiger partial charge is 0.129 e. The van der Waals surface area contributed by atoms with Crippen LogP contribution in [0.25, 0.3) is 0 Å². The van der Waals surface area contributed by atoms with Gasteiger partial charge in [-0.05, 0) is 42.7 Å². The molecule has 23 heavy (non-hydrogen) atoms. The number of benzene rings is 2. The molecule has 2 aromatic carbocycles. The molecule has 1 N–H and O–H groups in total. The Labute approximate surface area is 137 Å². The minimum absolute atomic E-state index is 0.128. The molecule has 122 valence electrons. The first-order valence-corrected chi connectivity index (χ1v) is 8.14. The molecule has 1 heterocycles. The zero-order valence-corrected chi connectivity index (χ0v) is 13.5. The number of ether oxygens (including phenoxy) is 1. The molecule has 0 aromatic heterocycles. The van der Waals surface area contributed by atoms with Crippen molar-refractivity contribution in [3.8, 4) is 5.75 Å². The Morgan fingerprint density at radius 1 is 1.04 bits per heavy atom. The number of hydrogen-bond donors (Lipinski definition) is 1. The van der Waals surface area contributed by atoms with Gasteiger partial charge in [0.05, 0.1) is 7.11 Å². The molecular formula is C19H23FN2O. The third-order valence-electron chi connectivity index (χ3n) is 4.33. The number of anilines is 1. The van der Waals surface area contributed by atoms with Crippen molar-refractivity contribution in [2.45, 2.75) is 25.9 Å². The summed E-state index contributed by atoms with van der Waals surface area (Å²) in [5.41, 5.74) is 2.96. The summed E-state index contributed by atoms with van der Waals surface area (Å²) in [5, 5.41) is 3.35. The fourth-order valence-electron chi connectivity index (χ4n) is 3.05. The lowest BCUT2D eigenvalue weighted by Crippen LogP contribution is -2.22. The molecule has 0 amide bonds. The predicted octanol–water partition coefficient (Wildman–Crippen LogP) is 3.72. The molecule has 1 fully saturated rings. The molecule has 1 aliphatic rings. The van der Waals surface area contributed by atoms with E-state index in [1.807, 2.05) is 30.3 Å². The van der Waals surface area contributed by atoms with Crippen molar-refractivity contribution in [3.05, 3.63) is 59.4 Å². The highest BCUT2D eigenvalue weighted by Crippen LogP contribution is 2.26. The summed E-state index contributed by atoms with van der Waals surface area (Å²) in [7, 11) is 1.66. The largest absolute Gasteiger partial charge is 0.497 e.